The lowest BCUT2D eigenvalue weighted by molar-refractivity contribution is 1.04. The molecule has 0 atom stereocenters. The van der Waals surface area contributed by atoms with Crippen molar-refractivity contribution in [2.75, 3.05) is 5.73 Å². The minimum atomic E-state index is 0.519. The molecule has 0 saturated carbocycles. The number of halogens is 1. The average Bonchev–Trinajstić information content (AvgIpc) is 2.24. The van der Waals surface area contributed by atoms with Crippen LogP contribution in [0.1, 0.15) is 0 Å². The number of nitrogen functional groups attached to an aromatic ring is 1. The highest BCUT2D eigenvalue weighted by atomic mass is 35.5. The summed E-state index contributed by atoms with van der Waals surface area (Å²) < 4.78 is 0. The number of rotatable bonds is 2. The van der Waals surface area contributed by atoms with Gasteiger partial charge >= 0.3 is 0 Å². The van der Waals surface area contributed by atoms with Crippen LogP contribution < -0.4 is 5.73 Å². The van der Waals surface area contributed by atoms with Gasteiger partial charge in [-0.2, -0.15) is 0 Å². The normalized spacial score (nSPS) is 10.2. The van der Waals surface area contributed by atoms with E-state index in [4.69, 9.17) is 17.3 Å². The number of hydrogen-bond donors (Lipinski definition) is 1. The monoisotopic (exact) mass is 238 g/mol. The van der Waals surface area contributed by atoms with E-state index in [2.05, 4.69) is 15.0 Å². The van der Waals surface area contributed by atoms with E-state index in [9.17, 15) is 0 Å². The summed E-state index contributed by atoms with van der Waals surface area (Å²) in [6, 6.07) is 1.66. The van der Waals surface area contributed by atoms with E-state index in [1.165, 1.54) is 11.8 Å². The van der Waals surface area contributed by atoms with Crippen LogP contribution in [-0.2, 0) is 0 Å². The summed E-state index contributed by atoms with van der Waals surface area (Å²) in [7, 11) is 0. The quantitative estimate of drug-likeness (QED) is 0.870. The predicted molar refractivity (Wildman–Crippen MR) is 59.8 cm³/mol. The molecule has 0 saturated heterocycles. The first-order valence-electron chi connectivity index (χ1n) is 4.10. The third-order valence-electron chi connectivity index (χ3n) is 1.57. The zero-order chi connectivity index (χ0) is 10.7. The van der Waals surface area contributed by atoms with E-state index < -0.39 is 0 Å². The highest BCUT2D eigenvalue weighted by Crippen LogP contribution is 2.30. The lowest BCUT2D eigenvalue weighted by Gasteiger charge is -2.02. The lowest BCUT2D eigenvalue weighted by Crippen LogP contribution is -1.89. The van der Waals surface area contributed by atoms with Gasteiger partial charge in [0.1, 0.15) is 10.1 Å². The number of aromatic nitrogens is 3. The molecule has 4 nitrogen and oxygen atoms in total. The second kappa shape index (κ2) is 4.46. The minimum Gasteiger partial charge on any atom is -0.397 e. The Bertz CT molecular complexity index is 463. The number of nitrogens with zero attached hydrogens (tertiary/aromatic N) is 3. The molecule has 15 heavy (non-hydrogen) atoms. The second-order valence-corrected chi connectivity index (χ2v) is 4.12. The number of pyridine rings is 1. The third kappa shape index (κ3) is 2.57. The van der Waals surface area contributed by atoms with E-state index in [1.807, 2.05) is 0 Å². The second-order valence-electron chi connectivity index (χ2n) is 2.70. The third-order valence-corrected chi connectivity index (χ3v) is 2.91. The number of hydrogen-bond acceptors (Lipinski definition) is 5. The lowest BCUT2D eigenvalue weighted by atomic mass is 10.4. The van der Waals surface area contributed by atoms with Crippen LogP contribution in [0.4, 0.5) is 5.69 Å². The molecule has 2 aromatic heterocycles. The first-order chi connectivity index (χ1) is 7.25. The van der Waals surface area contributed by atoms with Crippen LogP contribution in [0.25, 0.3) is 0 Å². The minimum absolute atomic E-state index is 0.519. The Hall–Kier alpha value is -1.33. The Morgan fingerprint density at radius 2 is 2.07 bits per heavy atom. The molecular formula is C9H7ClN4S. The molecule has 0 aliphatic heterocycles. The molecule has 76 valence electrons. The van der Waals surface area contributed by atoms with Crippen molar-refractivity contribution in [1.29, 1.82) is 0 Å². The maximum absolute atomic E-state index is 5.97. The van der Waals surface area contributed by atoms with Crippen LogP contribution >= 0.6 is 23.4 Å². The number of anilines is 1. The van der Waals surface area contributed by atoms with E-state index in [0.717, 1.165) is 5.03 Å². The maximum atomic E-state index is 5.97. The fraction of sp³-hybridized carbons (Fsp3) is 0. The van der Waals surface area contributed by atoms with Gasteiger partial charge in [0.25, 0.3) is 0 Å². The van der Waals surface area contributed by atoms with Crippen LogP contribution in [0.5, 0.6) is 0 Å². The molecule has 2 aromatic rings. The van der Waals surface area contributed by atoms with Gasteiger partial charge in [0.15, 0.2) is 0 Å². The Morgan fingerprint density at radius 3 is 2.73 bits per heavy atom. The largest absolute Gasteiger partial charge is 0.397 e. The van der Waals surface area contributed by atoms with E-state index in [1.54, 1.807) is 30.9 Å². The van der Waals surface area contributed by atoms with Gasteiger partial charge in [-0.25, -0.2) is 9.97 Å². The summed E-state index contributed by atoms with van der Waals surface area (Å²) in [5, 5.41) is 1.94. The molecule has 2 heterocycles. The SMILES string of the molecule is Nc1cnc(Sc2cnccn2)c(Cl)c1. The Kier molecular flexibility index (Phi) is 3.03. The van der Waals surface area contributed by atoms with Crippen molar-refractivity contribution in [1.82, 2.24) is 15.0 Å². The Morgan fingerprint density at radius 1 is 1.20 bits per heavy atom. The molecule has 0 aromatic carbocycles. The van der Waals surface area contributed by atoms with Crippen molar-refractivity contribution < 1.29 is 0 Å². The maximum Gasteiger partial charge on any atom is 0.121 e. The molecule has 0 aliphatic rings. The molecule has 0 aliphatic carbocycles. The average molecular weight is 239 g/mol. The van der Waals surface area contributed by atoms with Gasteiger partial charge in [-0.3, -0.25) is 4.98 Å². The summed E-state index contributed by atoms with van der Waals surface area (Å²) in [5.41, 5.74) is 6.08. The van der Waals surface area contributed by atoms with Crippen molar-refractivity contribution in [3.63, 3.8) is 0 Å². The van der Waals surface area contributed by atoms with Crippen LogP contribution in [0.2, 0.25) is 5.02 Å². The highest BCUT2D eigenvalue weighted by Gasteiger charge is 2.05. The predicted octanol–water partition coefficient (Wildman–Crippen LogP) is 2.26. The summed E-state index contributed by atoms with van der Waals surface area (Å²) in [4.78, 5) is 12.2. The van der Waals surface area contributed by atoms with E-state index in [-0.39, 0.29) is 0 Å². The molecule has 0 spiro atoms. The standard InChI is InChI=1S/C9H7ClN4S/c10-7-3-6(11)4-14-9(7)15-8-5-12-1-2-13-8/h1-5H,11H2. The van der Waals surface area contributed by atoms with Crippen LogP contribution in [-0.4, -0.2) is 15.0 Å². The van der Waals surface area contributed by atoms with Gasteiger partial charge in [-0.15, -0.1) is 0 Å². The van der Waals surface area contributed by atoms with Gasteiger partial charge in [-0.05, 0) is 17.8 Å². The van der Waals surface area contributed by atoms with Crippen LogP contribution in [0, 0.1) is 0 Å². The van der Waals surface area contributed by atoms with Crippen molar-refractivity contribution >= 4 is 29.1 Å². The molecule has 0 bridgehead atoms. The summed E-state index contributed by atoms with van der Waals surface area (Å²) in [6.07, 6.45) is 6.44. The molecule has 0 fully saturated rings. The fourth-order valence-electron chi connectivity index (χ4n) is 0.952. The highest BCUT2D eigenvalue weighted by molar-refractivity contribution is 7.99. The van der Waals surface area contributed by atoms with Gasteiger partial charge in [0, 0.05) is 12.4 Å². The van der Waals surface area contributed by atoms with Crippen LogP contribution in [0.3, 0.4) is 0 Å². The molecule has 0 unspecified atom stereocenters. The smallest absolute Gasteiger partial charge is 0.121 e. The van der Waals surface area contributed by atoms with Crippen molar-refractivity contribution in [3.05, 3.63) is 35.9 Å². The first-order valence-corrected chi connectivity index (χ1v) is 5.30. The van der Waals surface area contributed by atoms with Gasteiger partial charge in [-0.1, -0.05) is 11.6 Å². The van der Waals surface area contributed by atoms with Gasteiger partial charge in [0.05, 0.1) is 23.1 Å². The molecular weight excluding hydrogens is 232 g/mol. The van der Waals surface area contributed by atoms with Gasteiger partial charge in [0.2, 0.25) is 0 Å². The molecule has 0 radical (unpaired) electrons. The zero-order valence-corrected chi connectivity index (χ0v) is 9.16. The Labute approximate surface area is 95.9 Å². The van der Waals surface area contributed by atoms with Crippen molar-refractivity contribution in [2.45, 2.75) is 10.1 Å². The topological polar surface area (TPSA) is 64.7 Å². The molecule has 2 N–H and O–H groups in total. The molecule has 2 rings (SSSR count). The zero-order valence-electron chi connectivity index (χ0n) is 7.59. The van der Waals surface area contributed by atoms with Gasteiger partial charge < -0.3 is 5.73 Å². The summed E-state index contributed by atoms with van der Waals surface area (Å²) in [5.74, 6) is 0. The first kappa shape index (κ1) is 10.2. The van der Waals surface area contributed by atoms with Crippen molar-refractivity contribution in [2.24, 2.45) is 0 Å². The fourth-order valence-corrected chi connectivity index (χ4v) is 1.93. The molecule has 0 amide bonds. The Balaban J connectivity index is 2.25. The van der Waals surface area contributed by atoms with Crippen LogP contribution in [0.15, 0.2) is 40.9 Å². The van der Waals surface area contributed by atoms with E-state index >= 15 is 0 Å². The van der Waals surface area contributed by atoms with E-state index in [0.29, 0.717) is 15.7 Å². The number of nitrogens with two attached hydrogens (primary N) is 1. The summed E-state index contributed by atoms with van der Waals surface area (Å²) >= 11 is 7.32. The molecule has 6 heteroatoms. The summed E-state index contributed by atoms with van der Waals surface area (Å²) in [6.45, 7) is 0. The van der Waals surface area contributed by atoms with Crippen molar-refractivity contribution in [3.8, 4) is 0 Å².